The zero-order valence-corrected chi connectivity index (χ0v) is 11.2. The van der Waals surface area contributed by atoms with E-state index >= 15 is 0 Å². The molecular formula is C14H21N3O2. The van der Waals surface area contributed by atoms with E-state index < -0.39 is 0 Å². The minimum absolute atomic E-state index is 0.0487. The van der Waals surface area contributed by atoms with Crippen LogP contribution in [0.3, 0.4) is 0 Å². The predicted molar refractivity (Wildman–Crippen MR) is 72.8 cm³/mol. The number of carbonyl (C=O) groups is 1. The van der Waals surface area contributed by atoms with Gasteiger partial charge in [-0.1, -0.05) is 13.3 Å². The quantitative estimate of drug-likeness (QED) is 0.863. The van der Waals surface area contributed by atoms with E-state index in [2.05, 4.69) is 11.9 Å². The molecule has 0 saturated carbocycles. The van der Waals surface area contributed by atoms with E-state index in [-0.39, 0.29) is 23.4 Å². The Morgan fingerprint density at radius 2 is 2.42 bits per heavy atom. The third kappa shape index (κ3) is 2.87. The van der Waals surface area contributed by atoms with Crippen molar-refractivity contribution < 1.29 is 9.90 Å². The maximum absolute atomic E-state index is 12.4. The summed E-state index contributed by atoms with van der Waals surface area (Å²) >= 11 is 0. The summed E-state index contributed by atoms with van der Waals surface area (Å²) in [6.07, 6.45) is 4.56. The molecule has 1 aromatic rings. The van der Waals surface area contributed by atoms with Gasteiger partial charge in [0.25, 0.3) is 5.91 Å². The molecule has 2 atom stereocenters. The first-order valence-corrected chi connectivity index (χ1v) is 6.82. The van der Waals surface area contributed by atoms with E-state index in [4.69, 9.17) is 5.73 Å². The number of nitrogens with zero attached hydrogens (tertiary/aromatic N) is 2. The van der Waals surface area contributed by atoms with E-state index in [9.17, 15) is 9.90 Å². The molecule has 0 radical (unpaired) electrons. The van der Waals surface area contributed by atoms with Crippen LogP contribution in [-0.4, -0.2) is 40.0 Å². The summed E-state index contributed by atoms with van der Waals surface area (Å²) in [5.74, 6) is 0.346. The smallest absolute Gasteiger partial charge is 0.276 e. The molecule has 1 aliphatic heterocycles. The highest BCUT2D eigenvalue weighted by Gasteiger charge is 2.32. The van der Waals surface area contributed by atoms with Crippen molar-refractivity contribution in [1.82, 2.24) is 9.88 Å². The van der Waals surface area contributed by atoms with Crippen LogP contribution in [0.15, 0.2) is 18.3 Å². The fourth-order valence-electron chi connectivity index (χ4n) is 2.69. The number of pyridine rings is 1. The Morgan fingerprint density at radius 3 is 3.05 bits per heavy atom. The number of nitrogens with two attached hydrogens (primary N) is 1. The third-order valence-electron chi connectivity index (χ3n) is 3.92. The number of hydrogen-bond acceptors (Lipinski definition) is 4. The predicted octanol–water partition coefficient (Wildman–Crippen LogP) is 1.38. The van der Waals surface area contributed by atoms with Crippen LogP contribution in [0.2, 0.25) is 0 Å². The Kier molecular flexibility index (Phi) is 4.37. The maximum atomic E-state index is 12.4. The molecule has 2 unspecified atom stereocenters. The molecule has 0 aliphatic carbocycles. The van der Waals surface area contributed by atoms with Crippen LogP contribution >= 0.6 is 0 Å². The van der Waals surface area contributed by atoms with Crippen LogP contribution in [0.1, 0.15) is 36.7 Å². The minimum Gasteiger partial charge on any atom is -0.505 e. The molecule has 1 amide bonds. The first-order valence-electron chi connectivity index (χ1n) is 6.82. The van der Waals surface area contributed by atoms with Crippen LogP contribution in [0.5, 0.6) is 5.75 Å². The molecule has 1 aromatic heterocycles. The Bertz CT molecular complexity index is 450. The van der Waals surface area contributed by atoms with Gasteiger partial charge in [0.1, 0.15) is 5.75 Å². The number of amides is 1. The van der Waals surface area contributed by atoms with Crippen LogP contribution in [-0.2, 0) is 0 Å². The second-order valence-electron chi connectivity index (χ2n) is 5.06. The summed E-state index contributed by atoms with van der Waals surface area (Å²) in [7, 11) is 0. The third-order valence-corrected chi connectivity index (χ3v) is 3.92. The largest absolute Gasteiger partial charge is 0.505 e. The maximum Gasteiger partial charge on any atom is 0.276 e. The number of likely N-dealkylation sites (tertiary alicyclic amines) is 1. The van der Waals surface area contributed by atoms with Gasteiger partial charge in [0.15, 0.2) is 5.69 Å². The van der Waals surface area contributed by atoms with E-state index in [1.807, 2.05) is 0 Å². The fourth-order valence-corrected chi connectivity index (χ4v) is 2.69. The lowest BCUT2D eigenvalue weighted by Gasteiger charge is -2.38. The molecule has 3 N–H and O–H groups in total. The van der Waals surface area contributed by atoms with E-state index in [1.54, 1.807) is 11.0 Å². The van der Waals surface area contributed by atoms with Crippen molar-refractivity contribution in [2.24, 2.45) is 11.7 Å². The molecule has 1 aliphatic rings. The molecule has 104 valence electrons. The molecule has 1 fully saturated rings. The Morgan fingerprint density at radius 1 is 1.63 bits per heavy atom. The van der Waals surface area contributed by atoms with Gasteiger partial charge >= 0.3 is 0 Å². The van der Waals surface area contributed by atoms with Crippen molar-refractivity contribution in [2.45, 2.75) is 32.2 Å². The standard InChI is InChI=1S/C14H21N3O2/c1-2-10-5-7-17(11(8-10)9-15)14(19)13-12(18)4-3-6-16-13/h3-4,6,10-11,18H,2,5,7-9,15H2,1H3. The number of rotatable bonds is 3. The summed E-state index contributed by atoms with van der Waals surface area (Å²) in [6.45, 7) is 3.31. The SMILES string of the molecule is CCC1CCN(C(=O)c2ncccc2O)C(CN)C1. The molecule has 0 bridgehead atoms. The summed E-state index contributed by atoms with van der Waals surface area (Å²) in [5, 5.41) is 9.73. The zero-order chi connectivity index (χ0) is 13.8. The van der Waals surface area contributed by atoms with Crippen LogP contribution in [0.4, 0.5) is 0 Å². The monoisotopic (exact) mass is 263 g/mol. The van der Waals surface area contributed by atoms with Gasteiger partial charge in [-0.15, -0.1) is 0 Å². The Balaban J connectivity index is 2.17. The van der Waals surface area contributed by atoms with Gasteiger partial charge in [0.05, 0.1) is 0 Å². The van der Waals surface area contributed by atoms with Crippen molar-refractivity contribution in [3.05, 3.63) is 24.0 Å². The molecule has 1 saturated heterocycles. The van der Waals surface area contributed by atoms with Crippen molar-refractivity contribution >= 4 is 5.91 Å². The van der Waals surface area contributed by atoms with Gasteiger partial charge in [0.2, 0.25) is 0 Å². The molecule has 2 heterocycles. The zero-order valence-electron chi connectivity index (χ0n) is 11.2. The Hall–Kier alpha value is -1.62. The highest BCUT2D eigenvalue weighted by atomic mass is 16.3. The number of piperidine rings is 1. The van der Waals surface area contributed by atoms with Gasteiger partial charge in [0, 0.05) is 25.3 Å². The number of aromatic nitrogens is 1. The molecule has 5 nitrogen and oxygen atoms in total. The summed E-state index contributed by atoms with van der Waals surface area (Å²) in [4.78, 5) is 18.2. The van der Waals surface area contributed by atoms with Gasteiger partial charge in [-0.05, 0) is 30.9 Å². The topological polar surface area (TPSA) is 79.5 Å². The lowest BCUT2D eigenvalue weighted by Crippen LogP contribution is -2.49. The highest BCUT2D eigenvalue weighted by Crippen LogP contribution is 2.27. The van der Waals surface area contributed by atoms with E-state index in [0.717, 1.165) is 19.3 Å². The Labute approximate surface area is 113 Å². The first kappa shape index (κ1) is 13.8. The lowest BCUT2D eigenvalue weighted by atomic mass is 9.88. The summed E-state index contributed by atoms with van der Waals surface area (Å²) in [6, 6.07) is 3.14. The minimum atomic E-state index is -0.219. The molecule has 19 heavy (non-hydrogen) atoms. The van der Waals surface area contributed by atoms with Crippen LogP contribution < -0.4 is 5.73 Å². The summed E-state index contributed by atoms with van der Waals surface area (Å²) < 4.78 is 0. The molecule has 5 heteroatoms. The molecule has 0 spiro atoms. The summed E-state index contributed by atoms with van der Waals surface area (Å²) in [5.41, 5.74) is 5.91. The van der Waals surface area contributed by atoms with Crippen molar-refractivity contribution in [3.63, 3.8) is 0 Å². The first-order chi connectivity index (χ1) is 9.17. The van der Waals surface area contributed by atoms with Crippen LogP contribution in [0.25, 0.3) is 0 Å². The van der Waals surface area contributed by atoms with Gasteiger partial charge in [-0.2, -0.15) is 0 Å². The van der Waals surface area contributed by atoms with Crippen LogP contribution in [0, 0.1) is 5.92 Å². The lowest BCUT2D eigenvalue weighted by molar-refractivity contribution is 0.0549. The fraction of sp³-hybridized carbons (Fsp3) is 0.571. The van der Waals surface area contributed by atoms with Crippen molar-refractivity contribution in [3.8, 4) is 5.75 Å². The number of hydrogen-bond donors (Lipinski definition) is 2. The average Bonchev–Trinajstić information content (AvgIpc) is 2.46. The van der Waals surface area contributed by atoms with Gasteiger partial charge in [-0.3, -0.25) is 4.79 Å². The van der Waals surface area contributed by atoms with Gasteiger partial charge < -0.3 is 15.7 Å². The molecule has 0 aromatic carbocycles. The van der Waals surface area contributed by atoms with Crippen molar-refractivity contribution in [1.29, 1.82) is 0 Å². The second kappa shape index (κ2) is 6.02. The molecule has 2 rings (SSSR count). The average molecular weight is 263 g/mol. The normalized spacial score (nSPS) is 23.4. The van der Waals surface area contributed by atoms with E-state index in [1.165, 1.54) is 12.3 Å². The second-order valence-corrected chi connectivity index (χ2v) is 5.06. The van der Waals surface area contributed by atoms with Gasteiger partial charge in [-0.25, -0.2) is 4.98 Å². The number of carbonyl (C=O) groups excluding carboxylic acids is 1. The van der Waals surface area contributed by atoms with Crippen molar-refractivity contribution in [2.75, 3.05) is 13.1 Å². The number of aromatic hydroxyl groups is 1. The van der Waals surface area contributed by atoms with E-state index in [0.29, 0.717) is 19.0 Å². The highest BCUT2D eigenvalue weighted by molar-refractivity contribution is 5.95. The molecular weight excluding hydrogens is 242 g/mol.